The molecule has 0 aromatic heterocycles. The molecule has 1 aromatic rings. The van der Waals surface area contributed by atoms with E-state index in [0.717, 1.165) is 14.5 Å². The van der Waals surface area contributed by atoms with Crippen LogP contribution in [0.3, 0.4) is 0 Å². The summed E-state index contributed by atoms with van der Waals surface area (Å²) in [6.07, 6.45) is 0. The molecule has 2 saturated heterocycles. The maximum Gasteiger partial charge on any atom is 0.153 e. The molecule has 0 radical (unpaired) electrons. The van der Waals surface area contributed by atoms with Gasteiger partial charge in [0.05, 0.1) is 17.5 Å². The van der Waals surface area contributed by atoms with Gasteiger partial charge < -0.3 is 4.90 Å². The van der Waals surface area contributed by atoms with Gasteiger partial charge >= 0.3 is 0 Å². The third kappa shape index (κ3) is 2.21. The van der Waals surface area contributed by atoms with Crippen LogP contribution in [-0.4, -0.2) is 35.5 Å². The minimum atomic E-state index is -2.91. The topological polar surface area (TPSA) is 37.4 Å². The van der Waals surface area contributed by atoms with Crippen molar-refractivity contribution in [3.8, 4) is 0 Å². The van der Waals surface area contributed by atoms with Crippen LogP contribution in [0.5, 0.6) is 0 Å². The average Bonchev–Trinajstić information content (AvgIpc) is 2.68. The van der Waals surface area contributed by atoms with Crippen molar-refractivity contribution in [2.45, 2.75) is 11.3 Å². The Morgan fingerprint density at radius 3 is 2.89 bits per heavy atom. The summed E-state index contributed by atoms with van der Waals surface area (Å²) in [4.78, 5) is 1.99. The van der Waals surface area contributed by atoms with Crippen molar-refractivity contribution in [3.05, 3.63) is 28.7 Å². The Morgan fingerprint density at radius 1 is 1.39 bits per heavy atom. The number of thiocarbonyl (C=S) groups is 1. The van der Waals surface area contributed by atoms with Crippen molar-refractivity contribution in [1.29, 1.82) is 0 Å². The van der Waals surface area contributed by atoms with E-state index in [4.69, 9.17) is 12.2 Å². The van der Waals surface area contributed by atoms with Gasteiger partial charge in [0, 0.05) is 15.4 Å². The second-order valence-corrected chi connectivity index (χ2v) is 9.36. The van der Waals surface area contributed by atoms with E-state index in [1.807, 2.05) is 29.2 Å². The summed E-state index contributed by atoms with van der Waals surface area (Å²) in [5.74, 6) is 0.449. The quantitative estimate of drug-likeness (QED) is 0.716. The van der Waals surface area contributed by atoms with E-state index in [2.05, 4.69) is 15.9 Å². The van der Waals surface area contributed by atoms with E-state index in [9.17, 15) is 8.42 Å². The molecule has 18 heavy (non-hydrogen) atoms. The van der Waals surface area contributed by atoms with Crippen molar-refractivity contribution in [3.63, 3.8) is 0 Å². The Morgan fingerprint density at radius 2 is 2.17 bits per heavy atom. The van der Waals surface area contributed by atoms with E-state index in [0.29, 0.717) is 0 Å². The fourth-order valence-corrected chi connectivity index (χ4v) is 7.16. The lowest BCUT2D eigenvalue weighted by Gasteiger charge is -2.24. The first-order valence-corrected chi connectivity index (χ1v) is 9.32. The van der Waals surface area contributed by atoms with Gasteiger partial charge in [0.1, 0.15) is 4.32 Å². The Kier molecular flexibility index (Phi) is 3.20. The zero-order chi connectivity index (χ0) is 12.9. The molecule has 2 aliphatic heterocycles. The molecule has 0 amide bonds. The fourth-order valence-electron chi connectivity index (χ4n) is 2.39. The van der Waals surface area contributed by atoms with Gasteiger partial charge in [-0.2, -0.15) is 0 Å². The molecule has 0 spiro atoms. The van der Waals surface area contributed by atoms with Crippen LogP contribution in [0.2, 0.25) is 0 Å². The zero-order valence-corrected chi connectivity index (χ0v) is 13.3. The average molecular weight is 364 g/mol. The molecule has 3 rings (SSSR count). The van der Waals surface area contributed by atoms with Crippen LogP contribution in [0.4, 0.5) is 5.69 Å². The van der Waals surface area contributed by atoms with Crippen molar-refractivity contribution in [2.75, 3.05) is 16.4 Å². The molecule has 2 atom stereocenters. The molecule has 96 valence electrons. The lowest BCUT2D eigenvalue weighted by atomic mass is 10.2. The lowest BCUT2D eigenvalue weighted by molar-refractivity contribution is 0.601. The third-order valence-corrected chi connectivity index (χ3v) is 7.23. The molecule has 7 heteroatoms. The summed E-state index contributed by atoms with van der Waals surface area (Å²) in [5.41, 5.74) is 0.964. The van der Waals surface area contributed by atoms with Gasteiger partial charge in [0.2, 0.25) is 0 Å². The van der Waals surface area contributed by atoms with Gasteiger partial charge in [-0.3, -0.25) is 0 Å². The van der Waals surface area contributed by atoms with Crippen LogP contribution >= 0.6 is 39.9 Å². The van der Waals surface area contributed by atoms with Gasteiger partial charge in [-0.25, -0.2) is 8.42 Å². The van der Waals surface area contributed by atoms with E-state index in [-0.39, 0.29) is 22.8 Å². The standard InChI is InChI=1S/C11H10BrNO2S3/c12-7-2-1-3-8(4-7)13-9-5-18(14,15)6-10(9)17-11(13)16/h1-4,9-10H,5-6H2. The number of thioether (sulfide) groups is 1. The molecule has 2 unspecified atom stereocenters. The minimum absolute atomic E-state index is 0.0122. The summed E-state index contributed by atoms with van der Waals surface area (Å²) in [5, 5.41) is 0.0847. The number of anilines is 1. The highest BCUT2D eigenvalue weighted by Gasteiger charge is 2.48. The molecule has 2 fully saturated rings. The number of sulfone groups is 1. The van der Waals surface area contributed by atoms with Crippen molar-refractivity contribution in [2.24, 2.45) is 0 Å². The summed E-state index contributed by atoms with van der Waals surface area (Å²) < 4.78 is 25.1. The Balaban J connectivity index is 1.99. The lowest BCUT2D eigenvalue weighted by Crippen LogP contribution is -2.36. The predicted molar refractivity (Wildman–Crippen MR) is 83.0 cm³/mol. The maximum absolute atomic E-state index is 11.7. The number of hydrogen-bond donors (Lipinski definition) is 0. The molecular weight excluding hydrogens is 354 g/mol. The van der Waals surface area contributed by atoms with Gasteiger partial charge in [-0.05, 0) is 18.2 Å². The van der Waals surface area contributed by atoms with E-state index in [1.54, 1.807) is 0 Å². The van der Waals surface area contributed by atoms with Gasteiger partial charge in [-0.15, -0.1) is 0 Å². The molecule has 0 aliphatic carbocycles. The van der Waals surface area contributed by atoms with Crippen molar-refractivity contribution in [1.82, 2.24) is 0 Å². The van der Waals surface area contributed by atoms with Gasteiger partial charge in [0.15, 0.2) is 9.84 Å². The molecular formula is C11H10BrNO2S3. The Labute approximate surface area is 124 Å². The molecule has 0 saturated carbocycles. The molecule has 2 heterocycles. The highest BCUT2D eigenvalue weighted by atomic mass is 79.9. The normalized spacial score (nSPS) is 29.6. The van der Waals surface area contributed by atoms with E-state index in [1.165, 1.54) is 11.8 Å². The smallest absolute Gasteiger partial charge is 0.153 e. The zero-order valence-electron chi connectivity index (χ0n) is 9.24. The second-order valence-electron chi connectivity index (χ2n) is 4.42. The van der Waals surface area contributed by atoms with Crippen LogP contribution in [0.1, 0.15) is 0 Å². The number of hydrogen-bond acceptors (Lipinski definition) is 4. The first-order chi connectivity index (χ1) is 8.46. The SMILES string of the molecule is O=S1(=O)CC2SC(=S)N(c3cccc(Br)c3)C2C1. The first-order valence-electron chi connectivity index (χ1n) is 5.42. The predicted octanol–water partition coefficient (Wildman–Crippen LogP) is 2.45. The largest absolute Gasteiger partial charge is 0.322 e. The van der Waals surface area contributed by atoms with E-state index >= 15 is 0 Å². The van der Waals surface area contributed by atoms with Gasteiger partial charge in [-0.1, -0.05) is 46.0 Å². The monoisotopic (exact) mass is 363 g/mol. The Hall–Kier alpha value is -0.110. The van der Waals surface area contributed by atoms with Crippen LogP contribution in [-0.2, 0) is 9.84 Å². The number of rotatable bonds is 1. The molecule has 0 N–H and O–H groups in total. The third-order valence-electron chi connectivity index (χ3n) is 3.14. The van der Waals surface area contributed by atoms with Crippen LogP contribution in [0, 0.1) is 0 Å². The number of halogens is 1. The number of benzene rings is 1. The summed E-state index contributed by atoms with van der Waals surface area (Å²) in [6.45, 7) is 0. The Bertz CT molecular complexity index is 616. The number of nitrogens with zero attached hydrogens (tertiary/aromatic N) is 1. The van der Waals surface area contributed by atoms with Gasteiger partial charge in [0.25, 0.3) is 0 Å². The van der Waals surface area contributed by atoms with E-state index < -0.39 is 9.84 Å². The van der Waals surface area contributed by atoms with Crippen molar-refractivity contribution >= 4 is 59.8 Å². The molecule has 3 nitrogen and oxygen atoms in total. The summed E-state index contributed by atoms with van der Waals surface area (Å²) in [7, 11) is -2.91. The molecule has 2 aliphatic rings. The molecule has 0 bridgehead atoms. The minimum Gasteiger partial charge on any atom is -0.322 e. The van der Waals surface area contributed by atoms with Crippen LogP contribution < -0.4 is 4.90 Å². The van der Waals surface area contributed by atoms with Crippen LogP contribution in [0.25, 0.3) is 0 Å². The van der Waals surface area contributed by atoms with Crippen molar-refractivity contribution < 1.29 is 8.42 Å². The fraction of sp³-hybridized carbons (Fsp3) is 0.364. The summed E-state index contributed by atoms with van der Waals surface area (Å²) in [6, 6.07) is 7.80. The van der Waals surface area contributed by atoms with Crippen LogP contribution in [0.15, 0.2) is 28.7 Å². The highest BCUT2D eigenvalue weighted by molar-refractivity contribution is 9.10. The second kappa shape index (κ2) is 4.47. The first kappa shape index (κ1) is 12.9. The maximum atomic E-state index is 11.7. The molecule has 1 aromatic carbocycles. The highest BCUT2D eigenvalue weighted by Crippen LogP contribution is 2.41. The number of fused-ring (bicyclic) bond motifs is 1. The summed E-state index contributed by atoms with van der Waals surface area (Å²) >= 11 is 10.3.